The maximum absolute atomic E-state index is 14.4. The largest absolute Gasteiger partial charge is 0.478 e. The molecule has 3 aromatic rings. The minimum absolute atomic E-state index is 0.0824. The standard InChI is InChI=1S/C19H11FN2O2S/c1-21-15-11-12(18-17(20)14(19(23)24)9-10-22-18)7-8-16(15)25-13-5-3-2-4-6-13/h2-11H,(H,23,24). The van der Waals surface area contributed by atoms with Crippen molar-refractivity contribution in [2.45, 2.75) is 9.79 Å². The van der Waals surface area contributed by atoms with Gasteiger partial charge in [-0.1, -0.05) is 30.3 Å². The summed E-state index contributed by atoms with van der Waals surface area (Å²) in [5, 5.41) is 9.03. The summed E-state index contributed by atoms with van der Waals surface area (Å²) >= 11 is 1.43. The molecule has 0 unspecified atom stereocenters. The first-order valence-electron chi connectivity index (χ1n) is 7.22. The van der Waals surface area contributed by atoms with Crippen molar-refractivity contribution in [1.29, 1.82) is 0 Å². The summed E-state index contributed by atoms with van der Waals surface area (Å²) in [6, 6.07) is 15.6. The monoisotopic (exact) mass is 350 g/mol. The Labute approximate surface area is 147 Å². The topological polar surface area (TPSA) is 54.5 Å². The van der Waals surface area contributed by atoms with Crippen LogP contribution in [0, 0.1) is 12.4 Å². The molecule has 0 radical (unpaired) electrons. The van der Waals surface area contributed by atoms with Gasteiger partial charge in [0.15, 0.2) is 5.82 Å². The Morgan fingerprint density at radius 2 is 1.92 bits per heavy atom. The lowest BCUT2D eigenvalue weighted by Gasteiger charge is -2.08. The molecule has 0 aliphatic rings. The van der Waals surface area contributed by atoms with E-state index < -0.39 is 17.3 Å². The Morgan fingerprint density at radius 1 is 1.16 bits per heavy atom. The van der Waals surface area contributed by atoms with E-state index in [4.69, 9.17) is 11.7 Å². The lowest BCUT2D eigenvalue weighted by Crippen LogP contribution is -2.03. The summed E-state index contributed by atoms with van der Waals surface area (Å²) in [5.74, 6) is -2.27. The van der Waals surface area contributed by atoms with Gasteiger partial charge in [0, 0.05) is 16.0 Å². The Kier molecular flexibility index (Phi) is 4.78. The minimum Gasteiger partial charge on any atom is -0.478 e. The van der Waals surface area contributed by atoms with Crippen molar-refractivity contribution in [1.82, 2.24) is 4.98 Å². The van der Waals surface area contributed by atoms with Crippen LogP contribution in [0.1, 0.15) is 10.4 Å². The van der Waals surface area contributed by atoms with E-state index in [0.717, 1.165) is 15.9 Å². The Balaban J connectivity index is 2.02. The Bertz CT molecular complexity index is 984. The van der Waals surface area contributed by atoms with E-state index in [2.05, 4.69) is 9.83 Å². The highest BCUT2D eigenvalue weighted by atomic mass is 32.2. The second kappa shape index (κ2) is 7.16. The number of rotatable bonds is 4. The molecular formula is C19H11FN2O2S. The molecule has 1 aromatic heterocycles. The van der Waals surface area contributed by atoms with E-state index in [9.17, 15) is 9.18 Å². The van der Waals surface area contributed by atoms with Gasteiger partial charge in [-0.3, -0.25) is 4.98 Å². The molecule has 0 aliphatic carbocycles. The molecule has 0 spiro atoms. The van der Waals surface area contributed by atoms with E-state index in [1.54, 1.807) is 12.1 Å². The molecule has 0 bridgehead atoms. The average Bonchev–Trinajstić information content (AvgIpc) is 2.63. The fourth-order valence-corrected chi connectivity index (χ4v) is 3.16. The highest BCUT2D eigenvalue weighted by Crippen LogP contribution is 2.38. The first-order valence-corrected chi connectivity index (χ1v) is 8.04. The SMILES string of the molecule is [C-]#[N+]c1cc(-c2nccc(C(=O)O)c2F)ccc1Sc1ccccc1. The van der Waals surface area contributed by atoms with E-state index in [0.29, 0.717) is 11.3 Å². The number of hydrogen-bond acceptors (Lipinski definition) is 3. The van der Waals surface area contributed by atoms with Crippen LogP contribution in [0.15, 0.2) is 70.6 Å². The summed E-state index contributed by atoms with van der Waals surface area (Å²) in [6.45, 7) is 7.38. The van der Waals surface area contributed by atoms with Crippen LogP contribution < -0.4 is 0 Å². The maximum atomic E-state index is 14.4. The van der Waals surface area contributed by atoms with E-state index in [-0.39, 0.29) is 5.69 Å². The predicted molar refractivity (Wildman–Crippen MR) is 93.4 cm³/mol. The third-order valence-electron chi connectivity index (χ3n) is 3.44. The molecule has 0 atom stereocenters. The molecule has 0 fully saturated rings. The van der Waals surface area contributed by atoms with Crippen LogP contribution in [0.4, 0.5) is 10.1 Å². The fourth-order valence-electron chi connectivity index (χ4n) is 2.26. The molecule has 0 amide bonds. The molecule has 0 saturated heterocycles. The Hall–Kier alpha value is -3.17. The van der Waals surface area contributed by atoms with Crippen molar-refractivity contribution in [3.05, 3.63) is 83.6 Å². The maximum Gasteiger partial charge on any atom is 0.338 e. The van der Waals surface area contributed by atoms with Crippen LogP contribution in [0.25, 0.3) is 16.1 Å². The van der Waals surface area contributed by atoms with Crippen molar-refractivity contribution in [3.63, 3.8) is 0 Å². The third kappa shape index (κ3) is 3.52. The zero-order valence-electron chi connectivity index (χ0n) is 12.8. The first kappa shape index (κ1) is 16.7. The van der Waals surface area contributed by atoms with Crippen LogP contribution in [0.2, 0.25) is 0 Å². The lowest BCUT2D eigenvalue weighted by molar-refractivity contribution is 0.0692. The van der Waals surface area contributed by atoms with Crippen molar-refractivity contribution in [3.8, 4) is 11.3 Å². The summed E-state index contributed by atoms with van der Waals surface area (Å²) in [5.41, 5.74) is 0.190. The third-order valence-corrected chi connectivity index (χ3v) is 4.52. The summed E-state index contributed by atoms with van der Waals surface area (Å²) < 4.78 is 14.4. The number of halogens is 1. The van der Waals surface area contributed by atoms with Gasteiger partial charge in [0.1, 0.15) is 5.69 Å². The smallest absolute Gasteiger partial charge is 0.338 e. The second-order valence-electron chi connectivity index (χ2n) is 5.04. The number of aromatic nitrogens is 1. The quantitative estimate of drug-likeness (QED) is 0.650. The molecule has 25 heavy (non-hydrogen) atoms. The second-order valence-corrected chi connectivity index (χ2v) is 6.15. The van der Waals surface area contributed by atoms with Crippen LogP contribution in [-0.4, -0.2) is 16.1 Å². The van der Waals surface area contributed by atoms with Crippen molar-refractivity contribution < 1.29 is 14.3 Å². The van der Waals surface area contributed by atoms with Gasteiger partial charge < -0.3 is 5.11 Å². The number of pyridine rings is 1. The Morgan fingerprint density at radius 3 is 2.60 bits per heavy atom. The first-order chi connectivity index (χ1) is 12.1. The van der Waals surface area contributed by atoms with E-state index in [1.807, 2.05) is 30.3 Å². The highest BCUT2D eigenvalue weighted by molar-refractivity contribution is 7.99. The summed E-state index contributed by atoms with van der Waals surface area (Å²) in [6.07, 6.45) is 1.24. The number of benzene rings is 2. The van der Waals surface area contributed by atoms with E-state index >= 15 is 0 Å². The molecule has 2 aromatic carbocycles. The number of nitrogens with zero attached hydrogens (tertiary/aromatic N) is 2. The summed E-state index contributed by atoms with van der Waals surface area (Å²) in [4.78, 5) is 20.2. The molecule has 3 rings (SSSR count). The zero-order chi connectivity index (χ0) is 17.8. The molecule has 4 nitrogen and oxygen atoms in total. The molecular weight excluding hydrogens is 339 g/mol. The number of carboxylic acid groups (broad SMARTS) is 1. The zero-order valence-corrected chi connectivity index (χ0v) is 13.6. The van der Waals surface area contributed by atoms with Crippen molar-refractivity contribution in [2.75, 3.05) is 0 Å². The highest BCUT2D eigenvalue weighted by Gasteiger charge is 2.17. The number of aromatic carboxylic acids is 1. The molecule has 0 aliphatic heterocycles. The van der Waals surface area contributed by atoms with Gasteiger partial charge in [-0.25, -0.2) is 14.0 Å². The van der Waals surface area contributed by atoms with Crippen LogP contribution in [0.3, 0.4) is 0 Å². The molecule has 1 N–H and O–H groups in total. The molecule has 6 heteroatoms. The van der Waals surface area contributed by atoms with Gasteiger partial charge >= 0.3 is 5.97 Å². The molecule has 1 heterocycles. The normalized spacial score (nSPS) is 10.2. The number of hydrogen-bond donors (Lipinski definition) is 1. The van der Waals surface area contributed by atoms with Gasteiger partial charge in [0.2, 0.25) is 5.69 Å². The lowest BCUT2D eigenvalue weighted by atomic mass is 10.1. The van der Waals surface area contributed by atoms with Crippen LogP contribution >= 0.6 is 11.8 Å². The van der Waals surface area contributed by atoms with Crippen LogP contribution in [-0.2, 0) is 0 Å². The van der Waals surface area contributed by atoms with Crippen molar-refractivity contribution >= 4 is 23.4 Å². The number of carboxylic acids is 1. The van der Waals surface area contributed by atoms with Gasteiger partial charge in [0.25, 0.3) is 0 Å². The molecule has 122 valence electrons. The number of carbonyl (C=O) groups is 1. The van der Waals surface area contributed by atoms with Gasteiger partial charge in [-0.15, -0.1) is 11.8 Å². The molecule has 0 saturated carbocycles. The fraction of sp³-hybridized carbons (Fsp3) is 0. The van der Waals surface area contributed by atoms with Gasteiger partial charge in [-0.2, -0.15) is 0 Å². The summed E-state index contributed by atoms with van der Waals surface area (Å²) in [7, 11) is 0. The van der Waals surface area contributed by atoms with Gasteiger partial charge in [0.05, 0.1) is 12.1 Å². The van der Waals surface area contributed by atoms with E-state index in [1.165, 1.54) is 24.0 Å². The minimum atomic E-state index is -1.36. The van der Waals surface area contributed by atoms with Crippen molar-refractivity contribution in [2.24, 2.45) is 0 Å². The van der Waals surface area contributed by atoms with Gasteiger partial charge in [-0.05, 0) is 29.8 Å². The predicted octanol–water partition coefficient (Wildman–Crippen LogP) is 5.29. The average molecular weight is 350 g/mol. The van der Waals surface area contributed by atoms with Crippen LogP contribution in [0.5, 0.6) is 0 Å².